The number of nitrogens with zero attached hydrogens (tertiary/aromatic N) is 3. The molecule has 122 valence electrons. The molecule has 0 unspecified atom stereocenters. The first-order chi connectivity index (χ1) is 11.6. The molecule has 0 saturated heterocycles. The van der Waals surface area contributed by atoms with E-state index in [1.807, 2.05) is 0 Å². The second-order valence-electron chi connectivity index (χ2n) is 5.87. The molecule has 2 aromatic heterocycles. The van der Waals surface area contributed by atoms with E-state index in [1.165, 1.54) is 10.4 Å². The molecule has 0 bridgehead atoms. The summed E-state index contributed by atoms with van der Waals surface area (Å²) in [5.41, 5.74) is 2.15. The molecule has 0 spiro atoms. The van der Waals surface area contributed by atoms with Crippen molar-refractivity contribution in [3.8, 4) is 5.69 Å². The molecule has 8 heteroatoms. The first-order valence-corrected chi connectivity index (χ1v) is 8.47. The van der Waals surface area contributed by atoms with Crippen molar-refractivity contribution in [3.63, 3.8) is 0 Å². The number of rotatable bonds is 4. The predicted molar refractivity (Wildman–Crippen MR) is 90.5 cm³/mol. The summed E-state index contributed by atoms with van der Waals surface area (Å²) < 4.78 is 1.15. The van der Waals surface area contributed by atoms with E-state index in [9.17, 15) is 9.59 Å². The molecule has 0 aliphatic heterocycles. The Morgan fingerprint density at radius 2 is 2.12 bits per heavy atom. The lowest BCUT2D eigenvalue weighted by atomic mass is 10.2. The summed E-state index contributed by atoms with van der Waals surface area (Å²) >= 11 is 1.72. The summed E-state index contributed by atoms with van der Waals surface area (Å²) in [5.74, 6) is 0.428. The molecule has 4 rings (SSSR count). The van der Waals surface area contributed by atoms with Crippen molar-refractivity contribution in [1.29, 1.82) is 0 Å². The third kappa shape index (κ3) is 2.65. The standard InChI is InChI=1S/C16H15N5O2S/c1-9-6-7-24-14(9)12-8-13(12)15(22)17-10-2-4-11(5-3-10)21-16(23)18-19-20-21/h2-7,12-13H,8H2,1H3,(H,17,22)(H,18,20,23)/t12-,13+/m0/s1. The Morgan fingerprint density at radius 1 is 1.33 bits per heavy atom. The largest absolute Gasteiger partial charge is 0.365 e. The summed E-state index contributed by atoms with van der Waals surface area (Å²) in [6, 6.07) is 9.03. The summed E-state index contributed by atoms with van der Waals surface area (Å²) in [4.78, 5) is 25.2. The van der Waals surface area contributed by atoms with Crippen LogP contribution < -0.4 is 11.0 Å². The zero-order valence-corrected chi connectivity index (χ0v) is 13.7. The lowest BCUT2D eigenvalue weighted by Crippen LogP contribution is -2.17. The van der Waals surface area contributed by atoms with Crippen molar-refractivity contribution in [2.24, 2.45) is 5.92 Å². The smallest absolute Gasteiger partial charge is 0.326 e. The van der Waals surface area contributed by atoms with Gasteiger partial charge in [0.1, 0.15) is 0 Å². The lowest BCUT2D eigenvalue weighted by molar-refractivity contribution is -0.117. The van der Waals surface area contributed by atoms with Crippen LogP contribution in [0.25, 0.3) is 5.69 Å². The average molecular weight is 341 g/mol. The third-order valence-corrected chi connectivity index (χ3v) is 5.37. The molecule has 0 radical (unpaired) electrons. The first-order valence-electron chi connectivity index (χ1n) is 7.59. The number of aryl methyl sites for hydroxylation is 1. The number of anilines is 1. The monoisotopic (exact) mass is 341 g/mol. The van der Waals surface area contributed by atoms with Gasteiger partial charge in [0, 0.05) is 22.4 Å². The molecule has 2 atom stereocenters. The highest BCUT2D eigenvalue weighted by Crippen LogP contribution is 2.50. The fraction of sp³-hybridized carbons (Fsp3) is 0.250. The van der Waals surface area contributed by atoms with Crippen LogP contribution in [-0.2, 0) is 4.79 Å². The Hall–Kier alpha value is -2.74. The van der Waals surface area contributed by atoms with Crippen LogP contribution in [0.5, 0.6) is 0 Å². The summed E-state index contributed by atoms with van der Waals surface area (Å²) in [5, 5.41) is 14.4. The minimum Gasteiger partial charge on any atom is -0.326 e. The Balaban J connectivity index is 1.43. The van der Waals surface area contributed by atoms with Gasteiger partial charge in [0.15, 0.2) is 0 Å². The topological polar surface area (TPSA) is 92.7 Å². The maximum absolute atomic E-state index is 12.4. The minimum absolute atomic E-state index is 0.0409. The van der Waals surface area contributed by atoms with Gasteiger partial charge in [-0.1, -0.05) is 0 Å². The highest BCUT2D eigenvalue weighted by Gasteiger charge is 2.45. The normalized spacial score (nSPS) is 19.2. The van der Waals surface area contributed by atoms with Crippen molar-refractivity contribution in [2.45, 2.75) is 19.3 Å². The van der Waals surface area contributed by atoms with Crippen LogP contribution >= 0.6 is 11.3 Å². The predicted octanol–water partition coefficient (Wildman–Crippen LogP) is 2.07. The van der Waals surface area contributed by atoms with E-state index in [0.29, 0.717) is 17.3 Å². The van der Waals surface area contributed by atoms with Crippen molar-refractivity contribution >= 4 is 22.9 Å². The molecule has 1 fully saturated rings. The number of tetrazole rings is 1. The van der Waals surface area contributed by atoms with Gasteiger partial charge >= 0.3 is 5.69 Å². The van der Waals surface area contributed by atoms with E-state index in [0.717, 1.165) is 11.1 Å². The van der Waals surface area contributed by atoms with Crippen LogP contribution in [0.1, 0.15) is 22.8 Å². The second kappa shape index (κ2) is 5.72. The van der Waals surface area contributed by atoms with E-state index >= 15 is 0 Å². The van der Waals surface area contributed by atoms with Gasteiger partial charge in [-0.05, 0) is 65.0 Å². The van der Waals surface area contributed by atoms with E-state index < -0.39 is 5.69 Å². The Labute approximate surface area is 141 Å². The Bertz CT molecular complexity index is 940. The molecule has 1 saturated carbocycles. The molecule has 2 heterocycles. The number of amides is 1. The van der Waals surface area contributed by atoms with Crippen molar-refractivity contribution in [1.82, 2.24) is 20.2 Å². The third-order valence-electron chi connectivity index (χ3n) is 4.22. The van der Waals surface area contributed by atoms with Crippen molar-refractivity contribution in [3.05, 3.63) is 56.6 Å². The quantitative estimate of drug-likeness (QED) is 0.760. The molecule has 1 aliphatic carbocycles. The highest BCUT2D eigenvalue weighted by molar-refractivity contribution is 7.10. The number of thiophene rings is 1. The van der Waals surface area contributed by atoms with Crippen LogP contribution in [-0.4, -0.2) is 26.1 Å². The molecule has 1 amide bonds. The number of carbonyl (C=O) groups is 1. The number of aromatic nitrogens is 4. The summed E-state index contributed by atoms with van der Waals surface area (Å²) in [6.07, 6.45) is 0.902. The number of hydrogen-bond acceptors (Lipinski definition) is 5. The molecule has 24 heavy (non-hydrogen) atoms. The van der Waals surface area contributed by atoms with Gasteiger partial charge in [0.25, 0.3) is 0 Å². The van der Waals surface area contributed by atoms with Gasteiger partial charge < -0.3 is 5.32 Å². The first kappa shape index (κ1) is 14.8. The van der Waals surface area contributed by atoms with E-state index in [2.05, 4.69) is 39.2 Å². The maximum atomic E-state index is 12.4. The van der Waals surface area contributed by atoms with Crippen LogP contribution in [0.4, 0.5) is 5.69 Å². The number of carbonyl (C=O) groups excluding carboxylic acids is 1. The lowest BCUT2D eigenvalue weighted by Gasteiger charge is -2.06. The highest BCUT2D eigenvalue weighted by atomic mass is 32.1. The maximum Gasteiger partial charge on any atom is 0.365 e. The molecule has 1 aromatic carbocycles. The van der Waals surface area contributed by atoms with Crippen LogP contribution in [0, 0.1) is 12.8 Å². The Morgan fingerprint density at radius 3 is 2.75 bits per heavy atom. The van der Waals surface area contributed by atoms with Gasteiger partial charge in [-0.2, -0.15) is 4.68 Å². The van der Waals surface area contributed by atoms with E-state index in [4.69, 9.17) is 0 Å². The Kier molecular flexibility index (Phi) is 3.53. The van der Waals surface area contributed by atoms with Crippen molar-refractivity contribution < 1.29 is 4.79 Å². The van der Waals surface area contributed by atoms with Gasteiger partial charge in [-0.15, -0.1) is 11.3 Å². The zero-order valence-electron chi connectivity index (χ0n) is 12.9. The SMILES string of the molecule is Cc1ccsc1[C@H]1C[C@H]1C(=O)Nc1ccc(-n2nn[nH]c2=O)cc1. The fourth-order valence-electron chi connectivity index (χ4n) is 2.83. The minimum atomic E-state index is -0.404. The summed E-state index contributed by atoms with van der Waals surface area (Å²) in [7, 11) is 0. The van der Waals surface area contributed by atoms with Crippen molar-refractivity contribution in [2.75, 3.05) is 5.32 Å². The van der Waals surface area contributed by atoms with Gasteiger partial charge in [0.2, 0.25) is 5.91 Å². The zero-order chi connectivity index (χ0) is 16.7. The van der Waals surface area contributed by atoms with Gasteiger partial charge in [0.05, 0.1) is 5.69 Å². The van der Waals surface area contributed by atoms with E-state index in [1.54, 1.807) is 35.6 Å². The molecular formula is C16H15N5O2S. The number of nitrogens with one attached hydrogen (secondary N) is 2. The van der Waals surface area contributed by atoms with Crippen LogP contribution in [0.3, 0.4) is 0 Å². The molecule has 2 N–H and O–H groups in total. The molecular weight excluding hydrogens is 326 g/mol. The van der Waals surface area contributed by atoms with Gasteiger partial charge in [-0.25, -0.2) is 9.89 Å². The summed E-state index contributed by atoms with van der Waals surface area (Å²) in [6.45, 7) is 2.09. The fourth-order valence-corrected chi connectivity index (χ4v) is 3.93. The second-order valence-corrected chi connectivity index (χ2v) is 6.82. The number of benzene rings is 1. The van der Waals surface area contributed by atoms with E-state index in [-0.39, 0.29) is 11.8 Å². The number of hydrogen-bond donors (Lipinski definition) is 2. The van der Waals surface area contributed by atoms with Crippen LogP contribution in [0.2, 0.25) is 0 Å². The average Bonchev–Trinajstić information content (AvgIpc) is 3.07. The molecule has 1 aliphatic rings. The van der Waals surface area contributed by atoms with Gasteiger partial charge in [-0.3, -0.25) is 4.79 Å². The number of H-pyrrole nitrogens is 1. The molecule has 3 aromatic rings. The molecule has 7 nitrogen and oxygen atoms in total. The van der Waals surface area contributed by atoms with Crippen LogP contribution in [0.15, 0.2) is 40.5 Å². The number of aromatic amines is 1.